The Morgan fingerprint density at radius 1 is 1.26 bits per heavy atom. The Balaban J connectivity index is 1.88. The summed E-state index contributed by atoms with van der Waals surface area (Å²) in [4.78, 5) is 6.30. The summed E-state index contributed by atoms with van der Waals surface area (Å²) in [5.41, 5.74) is 0.487. The molecule has 0 saturated heterocycles. The fourth-order valence-electron chi connectivity index (χ4n) is 2.32. The monoisotopic (exact) mass is 319 g/mol. The number of likely N-dealkylation sites (N-methyl/N-ethyl adjacent to an activating group) is 1. The molecule has 1 aromatic carbocycles. The van der Waals surface area contributed by atoms with Crippen molar-refractivity contribution in [3.63, 3.8) is 0 Å². The van der Waals surface area contributed by atoms with Crippen LogP contribution in [0.25, 0.3) is 0 Å². The molecule has 2 rings (SSSR count). The summed E-state index contributed by atoms with van der Waals surface area (Å²) >= 11 is 0. The molecular formula is C17H25N3O3. The van der Waals surface area contributed by atoms with E-state index in [9.17, 15) is 5.11 Å². The number of rotatable bonds is 8. The van der Waals surface area contributed by atoms with Gasteiger partial charge in [0.25, 0.3) is 0 Å². The van der Waals surface area contributed by atoms with E-state index in [4.69, 9.17) is 9.26 Å². The molecule has 2 aromatic rings. The average Bonchev–Trinajstić information content (AvgIpc) is 2.90. The minimum Gasteiger partial charge on any atom is -0.485 e. The van der Waals surface area contributed by atoms with Gasteiger partial charge in [0.15, 0.2) is 6.61 Å². The van der Waals surface area contributed by atoms with Gasteiger partial charge in [-0.05, 0) is 38.1 Å². The van der Waals surface area contributed by atoms with Gasteiger partial charge in [-0.2, -0.15) is 4.98 Å². The van der Waals surface area contributed by atoms with Crippen molar-refractivity contribution < 1.29 is 14.4 Å². The molecular weight excluding hydrogens is 294 g/mol. The highest BCUT2D eigenvalue weighted by atomic mass is 16.5. The van der Waals surface area contributed by atoms with Crippen LogP contribution in [0.1, 0.15) is 38.0 Å². The van der Waals surface area contributed by atoms with Crippen molar-refractivity contribution >= 4 is 0 Å². The SMILES string of the molecule is CCN(Cc1ccc(OCc2noc(C)n2)cc1)CC(C)(C)O. The maximum Gasteiger partial charge on any atom is 0.223 e. The number of ether oxygens (including phenoxy) is 1. The lowest BCUT2D eigenvalue weighted by molar-refractivity contribution is 0.0353. The lowest BCUT2D eigenvalue weighted by atomic mass is 10.1. The first kappa shape index (κ1) is 17.4. The normalized spacial score (nSPS) is 11.9. The van der Waals surface area contributed by atoms with Crippen LogP contribution >= 0.6 is 0 Å². The third kappa shape index (κ3) is 6.00. The second-order valence-corrected chi connectivity index (χ2v) is 6.28. The van der Waals surface area contributed by atoms with E-state index in [1.54, 1.807) is 6.92 Å². The molecule has 0 saturated carbocycles. The van der Waals surface area contributed by atoms with Gasteiger partial charge in [-0.1, -0.05) is 24.2 Å². The van der Waals surface area contributed by atoms with Gasteiger partial charge in [-0.3, -0.25) is 4.90 Å². The van der Waals surface area contributed by atoms with Gasteiger partial charge in [0.1, 0.15) is 5.75 Å². The molecule has 0 atom stereocenters. The predicted octanol–water partition coefficient (Wildman–Crippen LogP) is 2.55. The molecule has 0 bridgehead atoms. The number of hydrogen-bond acceptors (Lipinski definition) is 6. The zero-order valence-corrected chi connectivity index (χ0v) is 14.2. The second-order valence-electron chi connectivity index (χ2n) is 6.28. The Hall–Kier alpha value is -1.92. The molecule has 0 fully saturated rings. The lowest BCUT2D eigenvalue weighted by Gasteiger charge is -2.28. The van der Waals surface area contributed by atoms with E-state index >= 15 is 0 Å². The van der Waals surface area contributed by atoms with Gasteiger partial charge in [0, 0.05) is 20.0 Å². The maximum absolute atomic E-state index is 9.94. The molecule has 0 unspecified atom stereocenters. The van der Waals surface area contributed by atoms with E-state index in [1.165, 1.54) is 5.56 Å². The summed E-state index contributed by atoms with van der Waals surface area (Å²) in [6.45, 7) is 10.1. The molecule has 0 radical (unpaired) electrons. The van der Waals surface area contributed by atoms with Crippen LogP contribution in [-0.2, 0) is 13.2 Å². The van der Waals surface area contributed by atoms with E-state index in [0.29, 0.717) is 18.3 Å². The zero-order chi connectivity index (χ0) is 16.9. The van der Waals surface area contributed by atoms with Crippen LogP contribution in [-0.4, -0.2) is 38.8 Å². The molecule has 0 aliphatic heterocycles. The fraction of sp³-hybridized carbons (Fsp3) is 0.529. The van der Waals surface area contributed by atoms with E-state index in [-0.39, 0.29) is 6.61 Å². The number of benzene rings is 1. The standard InChI is InChI=1S/C17H25N3O3/c1-5-20(12-17(3,4)21)10-14-6-8-15(9-7-14)22-11-16-18-13(2)23-19-16/h6-9,21H,5,10-12H2,1-4H3. The number of aryl methyl sites for hydroxylation is 1. The van der Waals surface area contributed by atoms with Crippen LogP contribution in [0.3, 0.4) is 0 Å². The molecule has 0 amide bonds. The minimum absolute atomic E-state index is 0.288. The Morgan fingerprint density at radius 2 is 1.96 bits per heavy atom. The molecule has 0 spiro atoms. The van der Waals surface area contributed by atoms with E-state index in [1.807, 2.05) is 38.1 Å². The molecule has 0 aliphatic carbocycles. The highest BCUT2D eigenvalue weighted by Gasteiger charge is 2.17. The van der Waals surface area contributed by atoms with Crippen LogP contribution < -0.4 is 4.74 Å². The first-order valence-corrected chi connectivity index (χ1v) is 7.81. The maximum atomic E-state index is 9.94. The number of aliphatic hydroxyl groups is 1. The third-order valence-corrected chi connectivity index (χ3v) is 3.32. The Kier molecular flexibility index (Phi) is 5.74. The lowest BCUT2D eigenvalue weighted by Crippen LogP contribution is -2.38. The van der Waals surface area contributed by atoms with Crippen molar-refractivity contribution in [3.05, 3.63) is 41.5 Å². The van der Waals surface area contributed by atoms with Crippen molar-refractivity contribution in [2.75, 3.05) is 13.1 Å². The van der Waals surface area contributed by atoms with Gasteiger partial charge in [0.05, 0.1) is 5.60 Å². The van der Waals surface area contributed by atoms with Crippen molar-refractivity contribution in [2.45, 2.75) is 46.4 Å². The number of nitrogens with zero attached hydrogens (tertiary/aromatic N) is 3. The smallest absolute Gasteiger partial charge is 0.223 e. The average molecular weight is 319 g/mol. The van der Waals surface area contributed by atoms with Gasteiger partial charge < -0.3 is 14.4 Å². The molecule has 1 N–H and O–H groups in total. The van der Waals surface area contributed by atoms with Crippen molar-refractivity contribution in [3.8, 4) is 5.75 Å². The summed E-state index contributed by atoms with van der Waals surface area (Å²) in [6.07, 6.45) is 0. The third-order valence-electron chi connectivity index (χ3n) is 3.32. The van der Waals surface area contributed by atoms with Gasteiger partial charge >= 0.3 is 0 Å². The largest absolute Gasteiger partial charge is 0.485 e. The summed E-state index contributed by atoms with van der Waals surface area (Å²) in [5.74, 6) is 1.83. The summed E-state index contributed by atoms with van der Waals surface area (Å²) < 4.78 is 10.5. The van der Waals surface area contributed by atoms with Gasteiger partial charge in [-0.25, -0.2) is 0 Å². The van der Waals surface area contributed by atoms with Crippen LogP contribution in [0.2, 0.25) is 0 Å². The molecule has 6 nitrogen and oxygen atoms in total. The number of aromatic nitrogens is 2. The molecule has 23 heavy (non-hydrogen) atoms. The van der Waals surface area contributed by atoms with Crippen molar-refractivity contribution in [1.29, 1.82) is 0 Å². The Morgan fingerprint density at radius 3 is 2.48 bits per heavy atom. The predicted molar refractivity (Wildman–Crippen MR) is 87.1 cm³/mol. The van der Waals surface area contributed by atoms with E-state index < -0.39 is 5.60 Å². The molecule has 1 aromatic heterocycles. The Bertz CT molecular complexity index is 602. The minimum atomic E-state index is -0.693. The zero-order valence-electron chi connectivity index (χ0n) is 14.2. The second kappa shape index (κ2) is 7.57. The highest BCUT2D eigenvalue weighted by Crippen LogP contribution is 2.16. The highest BCUT2D eigenvalue weighted by molar-refractivity contribution is 5.27. The summed E-state index contributed by atoms with van der Waals surface area (Å²) in [6, 6.07) is 7.92. The Labute approximate surface area is 137 Å². The van der Waals surface area contributed by atoms with Crippen LogP contribution in [0.4, 0.5) is 0 Å². The molecule has 126 valence electrons. The van der Waals surface area contributed by atoms with E-state index in [0.717, 1.165) is 18.8 Å². The summed E-state index contributed by atoms with van der Waals surface area (Å²) in [7, 11) is 0. The number of hydrogen-bond donors (Lipinski definition) is 1. The van der Waals surface area contributed by atoms with Gasteiger partial charge in [0.2, 0.25) is 11.7 Å². The molecule has 0 aliphatic rings. The van der Waals surface area contributed by atoms with Crippen molar-refractivity contribution in [1.82, 2.24) is 15.0 Å². The molecule has 6 heteroatoms. The van der Waals surface area contributed by atoms with Gasteiger partial charge in [-0.15, -0.1) is 0 Å². The van der Waals surface area contributed by atoms with Crippen LogP contribution in [0.15, 0.2) is 28.8 Å². The molecule has 1 heterocycles. The topological polar surface area (TPSA) is 71.6 Å². The van der Waals surface area contributed by atoms with Crippen molar-refractivity contribution in [2.24, 2.45) is 0 Å². The van der Waals surface area contributed by atoms with Crippen LogP contribution in [0, 0.1) is 6.92 Å². The quantitative estimate of drug-likeness (QED) is 0.806. The van der Waals surface area contributed by atoms with Crippen LogP contribution in [0.5, 0.6) is 5.75 Å². The first-order chi connectivity index (χ1) is 10.9. The summed E-state index contributed by atoms with van der Waals surface area (Å²) in [5, 5.41) is 13.7. The van der Waals surface area contributed by atoms with E-state index in [2.05, 4.69) is 22.0 Å². The fourth-order valence-corrected chi connectivity index (χ4v) is 2.32. The first-order valence-electron chi connectivity index (χ1n) is 7.81.